The predicted octanol–water partition coefficient (Wildman–Crippen LogP) is 3.60. The molecule has 1 aliphatic heterocycles. The summed E-state index contributed by atoms with van der Waals surface area (Å²) in [6.07, 6.45) is 4.07. The maximum atomic E-state index is 4.34. The molecule has 0 bridgehead atoms. The second kappa shape index (κ2) is 10.9. The zero-order valence-electron chi connectivity index (χ0n) is 18.1. The number of likely N-dealkylation sites (tertiary alicyclic amines) is 1. The van der Waals surface area contributed by atoms with E-state index < -0.39 is 0 Å². The van der Waals surface area contributed by atoms with Crippen LogP contribution in [0.1, 0.15) is 36.0 Å². The minimum atomic E-state index is 0.752. The molecule has 0 aliphatic carbocycles. The van der Waals surface area contributed by atoms with Gasteiger partial charge in [0.1, 0.15) is 0 Å². The van der Waals surface area contributed by atoms with Gasteiger partial charge in [-0.05, 0) is 54.8 Å². The first kappa shape index (κ1) is 21.2. The lowest BCUT2D eigenvalue weighted by Gasteiger charge is -2.26. The van der Waals surface area contributed by atoms with Crippen molar-refractivity contribution < 1.29 is 0 Å². The van der Waals surface area contributed by atoms with E-state index in [1.165, 1.54) is 54.7 Å². The van der Waals surface area contributed by atoms with Gasteiger partial charge in [0.15, 0.2) is 5.96 Å². The zero-order valence-corrected chi connectivity index (χ0v) is 18.1. The van der Waals surface area contributed by atoms with Crippen LogP contribution in [0.2, 0.25) is 0 Å². The Hall–Kier alpha value is -2.53. The Balaban J connectivity index is 1.43. The number of guanidine groups is 1. The molecule has 0 radical (unpaired) electrons. The summed E-state index contributed by atoms with van der Waals surface area (Å²) in [5, 5.41) is 6.80. The molecule has 0 unspecified atom stereocenters. The first-order valence-corrected chi connectivity index (χ1v) is 10.6. The number of nitrogens with zero attached hydrogens (tertiary/aromatic N) is 3. The van der Waals surface area contributed by atoms with E-state index in [-0.39, 0.29) is 0 Å². The smallest absolute Gasteiger partial charge is 0.191 e. The van der Waals surface area contributed by atoms with Gasteiger partial charge in [0.2, 0.25) is 0 Å². The van der Waals surface area contributed by atoms with Gasteiger partial charge in [0.05, 0.1) is 0 Å². The van der Waals surface area contributed by atoms with Crippen molar-refractivity contribution in [1.29, 1.82) is 0 Å². The summed E-state index contributed by atoms with van der Waals surface area (Å²) in [6.45, 7) is 5.07. The summed E-state index contributed by atoms with van der Waals surface area (Å²) in [5.41, 5.74) is 5.12. The SMILES string of the molecule is CN=C(NCc1ccc(CN2CCCCC2)cc1)NCc1ccc(N(C)C)cc1. The van der Waals surface area contributed by atoms with Crippen LogP contribution in [0.4, 0.5) is 5.69 Å². The van der Waals surface area contributed by atoms with E-state index >= 15 is 0 Å². The summed E-state index contributed by atoms with van der Waals surface area (Å²) in [7, 11) is 5.92. The number of anilines is 1. The highest BCUT2D eigenvalue weighted by Gasteiger charge is 2.10. The van der Waals surface area contributed by atoms with Crippen LogP contribution in [0.25, 0.3) is 0 Å². The highest BCUT2D eigenvalue weighted by Crippen LogP contribution is 2.14. The van der Waals surface area contributed by atoms with E-state index in [9.17, 15) is 0 Å². The van der Waals surface area contributed by atoms with Crippen molar-refractivity contribution in [2.45, 2.75) is 38.9 Å². The Kier molecular flexibility index (Phi) is 7.94. The van der Waals surface area contributed by atoms with Crippen molar-refractivity contribution in [1.82, 2.24) is 15.5 Å². The molecule has 2 N–H and O–H groups in total. The Morgan fingerprint density at radius 3 is 1.86 bits per heavy atom. The molecule has 0 atom stereocenters. The van der Waals surface area contributed by atoms with E-state index in [1.54, 1.807) is 0 Å². The Morgan fingerprint density at radius 1 is 0.828 bits per heavy atom. The lowest BCUT2D eigenvalue weighted by atomic mass is 10.1. The Morgan fingerprint density at radius 2 is 1.34 bits per heavy atom. The normalized spacial score (nSPS) is 15.2. The van der Waals surface area contributed by atoms with Gasteiger partial charge in [-0.2, -0.15) is 0 Å². The van der Waals surface area contributed by atoms with Gasteiger partial charge < -0.3 is 15.5 Å². The molecular formula is C24H35N5. The number of aliphatic imine (C=N–C) groups is 1. The third kappa shape index (κ3) is 6.79. The Labute approximate surface area is 175 Å². The predicted molar refractivity (Wildman–Crippen MR) is 123 cm³/mol. The Bertz CT molecular complexity index is 759. The zero-order chi connectivity index (χ0) is 20.5. The van der Waals surface area contributed by atoms with E-state index in [2.05, 4.69) is 88.1 Å². The molecular weight excluding hydrogens is 358 g/mol. The van der Waals surface area contributed by atoms with Gasteiger partial charge in [-0.25, -0.2) is 0 Å². The standard InChI is InChI=1S/C24H35N5/c1-25-24(27-18-21-11-13-23(14-12-21)28(2)3)26-17-20-7-9-22(10-8-20)19-29-15-5-4-6-16-29/h7-14H,4-6,15-19H2,1-3H3,(H2,25,26,27). The van der Waals surface area contributed by atoms with Crippen molar-refractivity contribution in [3.05, 3.63) is 65.2 Å². The maximum Gasteiger partial charge on any atom is 0.191 e. The monoisotopic (exact) mass is 393 g/mol. The van der Waals surface area contributed by atoms with Gasteiger partial charge in [-0.3, -0.25) is 9.89 Å². The van der Waals surface area contributed by atoms with Crippen molar-refractivity contribution in [2.24, 2.45) is 4.99 Å². The second-order valence-electron chi connectivity index (χ2n) is 7.99. The quantitative estimate of drug-likeness (QED) is 0.557. The molecule has 1 aliphatic rings. The summed E-state index contributed by atoms with van der Waals surface area (Å²) in [5.74, 6) is 0.819. The number of piperidine rings is 1. The van der Waals surface area contributed by atoms with E-state index in [4.69, 9.17) is 0 Å². The summed E-state index contributed by atoms with van der Waals surface area (Å²) < 4.78 is 0. The highest BCUT2D eigenvalue weighted by atomic mass is 15.2. The average Bonchev–Trinajstić information content (AvgIpc) is 2.76. The van der Waals surface area contributed by atoms with Crippen molar-refractivity contribution in [3.63, 3.8) is 0 Å². The largest absolute Gasteiger partial charge is 0.378 e. The van der Waals surface area contributed by atoms with Crippen LogP contribution in [-0.4, -0.2) is 45.1 Å². The van der Waals surface area contributed by atoms with Crippen molar-refractivity contribution >= 4 is 11.6 Å². The molecule has 5 heteroatoms. The van der Waals surface area contributed by atoms with E-state index in [0.29, 0.717) is 0 Å². The van der Waals surface area contributed by atoms with E-state index in [1.807, 2.05) is 7.05 Å². The molecule has 2 aromatic carbocycles. The number of rotatable bonds is 7. The number of benzene rings is 2. The molecule has 1 fully saturated rings. The highest BCUT2D eigenvalue weighted by molar-refractivity contribution is 5.79. The fourth-order valence-electron chi connectivity index (χ4n) is 3.64. The van der Waals surface area contributed by atoms with Gasteiger partial charge in [-0.1, -0.05) is 42.8 Å². The summed E-state index contributed by atoms with van der Waals surface area (Å²) in [6, 6.07) is 17.5. The molecule has 0 amide bonds. The third-order valence-corrected chi connectivity index (χ3v) is 5.47. The molecule has 29 heavy (non-hydrogen) atoms. The van der Waals surface area contributed by atoms with Crippen LogP contribution < -0.4 is 15.5 Å². The third-order valence-electron chi connectivity index (χ3n) is 5.47. The minimum Gasteiger partial charge on any atom is -0.378 e. The molecule has 156 valence electrons. The molecule has 0 spiro atoms. The first-order valence-electron chi connectivity index (χ1n) is 10.6. The van der Waals surface area contributed by atoms with Crippen LogP contribution >= 0.6 is 0 Å². The van der Waals surface area contributed by atoms with Crippen LogP contribution in [-0.2, 0) is 19.6 Å². The van der Waals surface area contributed by atoms with Gasteiger partial charge >= 0.3 is 0 Å². The van der Waals surface area contributed by atoms with Crippen LogP contribution in [0.3, 0.4) is 0 Å². The van der Waals surface area contributed by atoms with Gasteiger partial charge in [0, 0.05) is 46.5 Å². The van der Waals surface area contributed by atoms with Gasteiger partial charge in [0.25, 0.3) is 0 Å². The topological polar surface area (TPSA) is 42.9 Å². The maximum absolute atomic E-state index is 4.34. The molecule has 3 rings (SSSR count). The molecule has 1 heterocycles. The second-order valence-corrected chi connectivity index (χ2v) is 7.99. The minimum absolute atomic E-state index is 0.752. The fraction of sp³-hybridized carbons (Fsp3) is 0.458. The molecule has 1 saturated heterocycles. The van der Waals surface area contributed by atoms with Crippen molar-refractivity contribution in [3.8, 4) is 0 Å². The lowest BCUT2D eigenvalue weighted by Crippen LogP contribution is -2.36. The average molecular weight is 394 g/mol. The molecule has 0 aromatic heterocycles. The van der Waals surface area contributed by atoms with Crippen LogP contribution in [0.15, 0.2) is 53.5 Å². The van der Waals surface area contributed by atoms with E-state index in [0.717, 1.165) is 25.6 Å². The number of hydrogen-bond donors (Lipinski definition) is 2. The fourth-order valence-corrected chi connectivity index (χ4v) is 3.64. The first-order chi connectivity index (χ1) is 14.1. The molecule has 2 aromatic rings. The lowest BCUT2D eigenvalue weighted by molar-refractivity contribution is 0.221. The summed E-state index contributed by atoms with van der Waals surface area (Å²) >= 11 is 0. The molecule has 5 nitrogen and oxygen atoms in total. The van der Waals surface area contributed by atoms with Crippen molar-refractivity contribution in [2.75, 3.05) is 39.1 Å². The summed E-state index contributed by atoms with van der Waals surface area (Å²) in [4.78, 5) is 9.01. The van der Waals surface area contributed by atoms with Crippen LogP contribution in [0.5, 0.6) is 0 Å². The number of hydrogen-bond acceptors (Lipinski definition) is 3. The van der Waals surface area contributed by atoms with Crippen LogP contribution in [0, 0.1) is 0 Å². The molecule has 0 saturated carbocycles. The van der Waals surface area contributed by atoms with Gasteiger partial charge in [-0.15, -0.1) is 0 Å². The number of nitrogens with one attached hydrogen (secondary N) is 2.